The summed E-state index contributed by atoms with van der Waals surface area (Å²) in [7, 11) is 0. The van der Waals surface area contributed by atoms with E-state index < -0.39 is 0 Å². The second kappa shape index (κ2) is 7.09. The lowest BCUT2D eigenvalue weighted by molar-refractivity contribution is 0.0763. The van der Waals surface area contributed by atoms with Crippen molar-refractivity contribution in [1.29, 1.82) is 0 Å². The summed E-state index contributed by atoms with van der Waals surface area (Å²) < 4.78 is 1.38. The smallest absolute Gasteiger partial charge is 0.287 e. The molecule has 6 heteroatoms. The number of aliphatic hydroxyl groups excluding tert-OH is 1. The molecule has 0 bridgehead atoms. The minimum atomic E-state index is -0.261. The zero-order valence-electron chi connectivity index (χ0n) is 11.8. The van der Waals surface area contributed by atoms with Gasteiger partial charge in [0.25, 0.3) is 5.56 Å². The minimum Gasteiger partial charge on any atom is -0.393 e. The molecule has 0 saturated heterocycles. The van der Waals surface area contributed by atoms with Crippen LogP contribution >= 0.6 is 11.6 Å². The maximum atomic E-state index is 12.0. The van der Waals surface area contributed by atoms with Crippen molar-refractivity contribution < 1.29 is 5.11 Å². The summed E-state index contributed by atoms with van der Waals surface area (Å²) in [4.78, 5) is 12.0. The number of hydrogen-bond donors (Lipinski definition) is 2. The number of hydrogen-bond acceptors (Lipinski definition) is 4. The summed E-state index contributed by atoms with van der Waals surface area (Å²) >= 11 is 6.09. The average molecular weight is 300 g/mol. The highest BCUT2D eigenvalue weighted by Crippen LogP contribution is 2.25. The number of halogens is 1. The molecule has 2 N–H and O–H groups in total. The van der Waals surface area contributed by atoms with Crippen molar-refractivity contribution >= 4 is 17.3 Å². The summed E-state index contributed by atoms with van der Waals surface area (Å²) in [5.74, 6) is 0.220. The van der Waals surface area contributed by atoms with E-state index in [-0.39, 0.29) is 22.6 Å². The maximum Gasteiger partial charge on any atom is 0.287 e. The Kier molecular flexibility index (Phi) is 5.43. The van der Waals surface area contributed by atoms with Gasteiger partial charge in [0.15, 0.2) is 0 Å². The number of aromatic nitrogens is 2. The van der Waals surface area contributed by atoms with Crippen LogP contribution in [0.3, 0.4) is 0 Å². The molecule has 1 aromatic heterocycles. The number of aliphatic hydroxyl groups is 1. The summed E-state index contributed by atoms with van der Waals surface area (Å²) in [6.45, 7) is 3.18. The Morgan fingerprint density at radius 2 is 2.25 bits per heavy atom. The molecule has 0 aromatic carbocycles. The first kappa shape index (κ1) is 15.3. The van der Waals surface area contributed by atoms with E-state index in [0.717, 1.165) is 32.1 Å². The van der Waals surface area contributed by atoms with Gasteiger partial charge in [0.2, 0.25) is 0 Å². The van der Waals surface area contributed by atoms with Gasteiger partial charge in [0, 0.05) is 19.0 Å². The molecule has 0 spiro atoms. The molecule has 2 rings (SSSR count). The highest BCUT2D eigenvalue weighted by molar-refractivity contribution is 6.32. The van der Waals surface area contributed by atoms with Crippen molar-refractivity contribution in [3.05, 3.63) is 21.6 Å². The largest absolute Gasteiger partial charge is 0.393 e. The van der Waals surface area contributed by atoms with E-state index in [1.54, 1.807) is 6.20 Å². The number of nitrogens with one attached hydrogen (secondary N) is 1. The molecule has 0 radical (unpaired) electrons. The van der Waals surface area contributed by atoms with Gasteiger partial charge in [0.1, 0.15) is 5.02 Å². The Hall–Kier alpha value is -1.07. The third-order valence-electron chi connectivity index (χ3n) is 3.84. The Morgan fingerprint density at radius 1 is 1.50 bits per heavy atom. The maximum absolute atomic E-state index is 12.0. The van der Waals surface area contributed by atoms with Gasteiger partial charge < -0.3 is 10.4 Å². The molecule has 5 nitrogen and oxygen atoms in total. The lowest BCUT2D eigenvalue weighted by Crippen LogP contribution is -2.31. The molecule has 2 unspecified atom stereocenters. The predicted octanol–water partition coefficient (Wildman–Crippen LogP) is 2.27. The number of rotatable bonds is 5. The quantitative estimate of drug-likeness (QED) is 0.875. The van der Waals surface area contributed by atoms with E-state index in [0.29, 0.717) is 18.8 Å². The Balaban J connectivity index is 2.02. The van der Waals surface area contributed by atoms with Gasteiger partial charge in [0.05, 0.1) is 18.0 Å². The standard InChI is InChI=1S/C14H22ClN3O2/c1-2-7-18-14(20)13(15)11(9-17-18)16-8-10-5-3-4-6-12(10)19/h9-10,12,16,19H,2-8H2,1H3. The van der Waals surface area contributed by atoms with Gasteiger partial charge >= 0.3 is 0 Å². The van der Waals surface area contributed by atoms with Crippen LogP contribution in [0.5, 0.6) is 0 Å². The van der Waals surface area contributed by atoms with Gasteiger partial charge in [-0.25, -0.2) is 4.68 Å². The fraction of sp³-hybridized carbons (Fsp3) is 0.714. The van der Waals surface area contributed by atoms with Crippen LogP contribution in [0, 0.1) is 5.92 Å². The van der Waals surface area contributed by atoms with E-state index >= 15 is 0 Å². The predicted molar refractivity (Wildman–Crippen MR) is 80.3 cm³/mol. The summed E-state index contributed by atoms with van der Waals surface area (Å²) in [6.07, 6.45) is 6.27. The van der Waals surface area contributed by atoms with Crippen LogP contribution in [0.15, 0.2) is 11.0 Å². The fourth-order valence-electron chi connectivity index (χ4n) is 2.63. The molecule has 1 aromatic rings. The van der Waals surface area contributed by atoms with Crippen molar-refractivity contribution in [1.82, 2.24) is 9.78 Å². The van der Waals surface area contributed by atoms with Crippen molar-refractivity contribution in [3.63, 3.8) is 0 Å². The van der Waals surface area contributed by atoms with Crippen LogP contribution < -0.4 is 10.9 Å². The van der Waals surface area contributed by atoms with E-state index in [4.69, 9.17) is 11.6 Å². The molecular weight excluding hydrogens is 278 g/mol. The first-order valence-corrected chi connectivity index (χ1v) is 7.68. The van der Waals surface area contributed by atoms with Crippen LogP contribution in [0.2, 0.25) is 5.02 Å². The third-order valence-corrected chi connectivity index (χ3v) is 4.21. The first-order chi connectivity index (χ1) is 9.63. The molecule has 1 fully saturated rings. The molecule has 0 aliphatic heterocycles. The van der Waals surface area contributed by atoms with E-state index in [9.17, 15) is 9.90 Å². The van der Waals surface area contributed by atoms with Crippen LogP contribution in [-0.2, 0) is 6.54 Å². The second-order valence-electron chi connectivity index (χ2n) is 5.39. The summed E-state index contributed by atoms with van der Waals surface area (Å²) in [5.41, 5.74) is 0.296. The highest BCUT2D eigenvalue weighted by Gasteiger charge is 2.23. The first-order valence-electron chi connectivity index (χ1n) is 7.31. The van der Waals surface area contributed by atoms with E-state index in [1.165, 1.54) is 4.68 Å². The monoisotopic (exact) mass is 299 g/mol. The normalized spacial score (nSPS) is 22.8. The zero-order chi connectivity index (χ0) is 14.5. The topological polar surface area (TPSA) is 67.2 Å². The molecular formula is C14H22ClN3O2. The highest BCUT2D eigenvalue weighted by atomic mass is 35.5. The lowest BCUT2D eigenvalue weighted by Gasteiger charge is -2.28. The van der Waals surface area contributed by atoms with Crippen LogP contribution in [0.4, 0.5) is 5.69 Å². The molecule has 0 amide bonds. The van der Waals surface area contributed by atoms with Gasteiger partial charge in [-0.2, -0.15) is 5.10 Å². The van der Waals surface area contributed by atoms with Crippen molar-refractivity contribution in [2.24, 2.45) is 5.92 Å². The Labute approximate surface area is 124 Å². The van der Waals surface area contributed by atoms with Gasteiger partial charge in [-0.05, 0) is 19.3 Å². The Morgan fingerprint density at radius 3 is 2.95 bits per heavy atom. The van der Waals surface area contributed by atoms with Crippen molar-refractivity contribution in [2.45, 2.75) is 51.7 Å². The molecule has 2 atom stereocenters. The minimum absolute atomic E-state index is 0.179. The molecule has 1 heterocycles. The lowest BCUT2D eigenvalue weighted by atomic mass is 9.86. The van der Waals surface area contributed by atoms with Gasteiger partial charge in [-0.3, -0.25) is 4.79 Å². The van der Waals surface area contributed by atoms with Crippen LogP contribution in [-0.4, -0.2) is 27.5 Å². The second-order valence-corrected chi connectivity index (χ2v) is 5.77. The molecule has 1 saturated carbocycles. The van der Waals surface area contributed by atoms with Crippen LogP contribution in [0.1, 0.15) is 39.0 Å². The van der Waals surface area contributed by atoms with Crippen molar-refractivity contribution in [3.8, 4) is 0 Å². The summed E-state index contributed by atoms with van der Waals surface area (Å²) in [6, 6.07) is 0. The number of aryl methyl sites for hydroxylation is 1. The average Bonchev–Trinajstić information content (AvgIpc) is 2.45. The van der Waals surface area contributed by atoms with Gasteiger partial charge in [-0.15, -0.1) is 0 Å². The van der Waals surface area contributed by atoms with Gasteiger partial charge in [-0.1, -0.05) is 31.4 Å². The zero-order valence-corrected chi connectivity index (χ0v) is 12.6. The molecule has 1 aliphatic carbocycles. The molecule has 1 aliphatic rings. The van der Waals surface area contributed by atoms with Crippen LogP contribution in [0.25, 0.3) is 0 Å². The molecule has 112 valence electrons. The number of nitrogens with zero attached hydrogens (tertiary/aromatic N) is 2. The molecule has 20 heavy (non-hydrogen) atoms. The fourth-order valence-corrected chi connectivity index (χ4v) is 2.84. The van der Waals surface area contributed by atoms with Crippen molar-refractivity contribution in [2.75, 3.05) is 11.9 Å². The Bertz CT molecular complexity index is 504. The summed E-state index contributed by atoms with van der Waals surface area (Å²) in [5, 5.41) is 17.4. The number of anilines is 1. The van der Waals surface area contributed by atoms with E-state index in [2.05, 4.69) is 10.4 Å². The SMILES string of the molecule is CCCn1ncc(NCC2CCCCC2O)c(Cl)c1=O. The van der Waals surface area contributed by atoms with E-state index in [1.807, 2.05) is 6.92 Å². The third kappa shape index (κ3) is 3.52.